The lowest BCUT2D eigenvalue weighted by molar-refractivity contribution is -0.124. The van der Waals surface area contributed by atoms with Gasteiger partial charge in [-0.25, -0.2) is 9.29 Å². The number of hydrogen-bond acceptors (Lipinski definition) is 6. The summed E-state index contributed by atoms with van der Waals surface area (Å²) in [5.41, 5.74) is 0.954. The molecule has 2 aliphatic heterocycles. The van der Waals surface area contributed by atoms with Crippen LogP contribution in [-0.2, 0) is 14.4 Å². The molecule has 0 spiro atoms. The molecule has 0 aliphatic carbocycles. The lowest BCUT2D eigenvalue weighted by Crippen LogP contribution is -2.45. The van der Waals surface area contributed by atoms with Crippen molar-refractivity contribution in [2.45, 2.75) is 12.1 Å². The highest BCUT2D eigenvalue weighted by atomic mass is 19.1. The molecule has 0 unspecified atom stereocenters. The Labute approximate surface area is 159 Å². The summed E-state index contributed by atoms with van der Waals surface area (Å²) in [5, 5.41) is 8.98. The van der Waals surface area contributed by atoms with Gasteiger partial charge in [0.1, 0.15) is 12.4 Å². The molecule has 4 rings (SSSR count). The van der Waals surface area contributed by atoms with Gasteiger partial charge in [-0.05, 0) is 36.4 Å². The van der Waals surface area contributed by atoms with Gasteiger partial charge in [-0.3, -0.25) is 19.4 Å². The van der Waals surface area contributed by atoms with Crippen molar-refractivity contribution in [1.82, 2.24) is 5.01 Å². The standard InChI is InChI=1S/C19H16FN5O3/c1-23(13-5-3-2-4-6-13)15(26)11-24-17-16(21-22-24)18(27)25(19(17)28)14-9-7-12(20)8-10-14/h2-10,16-17H,11H2,1H3/t16-,17-/m1/s1. The summed E-state index contributed by atoms with van der Waals surface area (Å²) < 4.78 is 13.1. The van der Waals surface area contributed by atoms with Gasteiger partial charge < -0.3 is 4.90 Å². The number of carbonyl (C=O) groups is 3. The van der Waals surface area contributed by atoms with Gasteiger partial charge in [0.25, 0.3) is 11.8 Å². The van der Waals surface area contributed by atoms with E-state index >= 15 is 0 Å². The molecular weight excluding hydrogens is 365 g/mol. The van der Waals surface area contributed by atoms with Gasteiger partial charge in [-0.15, -0.1) is 0 Å². The second-order valence-electron chi connectivity index (χ2n) is 6.47. The van der Waals surface area contributed by atoms with Crippen LogP contribution in [0.3, 0.4) is 0 Å². The van der Waals surface area contributed by atoms with Crippen LogP contribution in [0.15, 0.2) is 64.9 Å². The number of para-hydroxylation sites is 1. The monoisotopic (exact) mass is 381 g/mol. The van der Waals surface area contributed by atoms with Crippen molar-refractivity contribution in [2.75, 3.05) is 23.4 Å². The number of nitrogens with zero attached hydrogens (tertiary/aromatic N) is 5. The summed E-state index contributed by atoms with van der Waals surface area (Å²) in [6, 6.07) is 12.1. The van der Waals surface area contributed by atoms with Gasteiger partial charge in [0.05, 0.1) is 5.69 Å². The molecule has 2 aliphatic rings. The highest BCUT2D eigenvalue weighted by Crippen LogP contribution is 2.32. The maximum absolute atomic E-state index is 13.1. The van der Waals surface area contributed by atoms with Crippen molar-refractivity contribution in [3.8, 4) is 0 Å². The van der Waals surface area contributed by atoms with E-state index < -0.39 is 29.7 Å². The van der Waals surface area contributed by atoms with E-state index in [0.29, 0.717) is 5.69 Å². The molecule has 2 heterocycles. The number of hydrogen-bond donors (Lipinski definition) is 0. The Bertz CT molecular complexity index is 963. The lowest BCUT2D eigenvalue weighted by Gasteiger charge is -2.23. The number of imide groups is 1. The van der Waals surface area contributed by atoms with Crippen LogP contribution in [0.4, 0.5) is 15.8 Å². The summed E-state index contributed by atoms with van der Waals surface area (Å²) >= 11 is 0. The third-order valence-electron chi connectivity index (χ3n) is 4.76. The fraction of sp³-hybridized carbons (Fsp3) is 0.211. The number of benzene rings is 2. The van der Waals surface area contributed by atoms with Crippen LogP contribution in [0.1, 0.15) is 0 Å². The lowest BCUT2D eigenvalue weighted by atomic mass is 10.1. The molecule has 9 heteroatoms. The van der Waals surface area contributed by atoms with E-state index in [0.717, 1.165) is 4.90 Å². The van der Waals surface area contributed by atoms with E-state index in [-0.39, 0.29) is 18.1 Å². The summed E-state index contributed by atoms with van der Waals surface area (Å²) in [7, 11) is 1.62. The third-order valence-corrected chi connectivity index (χ3v) is 4.76. The maximum atomic E-state index is 13.1. The number of carbonyl (C=O) groups excluding carboxylic acids is 3. The zero-order valence-corrected chi connectivity index (χ0v) is 14.9. The molecule has 8 nitrogen and oxygen atoms in total. The van der Waals surface area contributed by atoms with E-state index in [9.17, 15) is 18.8 Å². The van der Waals surface area contributed by atoms with Gasteiger partial charge in [0.15, 0.2) is 12.1 Å². The van der Waals surface area contributed by atoms with Crippen molar-refractivity contribution >= 4 is 29.1 Å². The minimum Gasteiger partial charge on any atom is -0.314 e. The number of fused-ring (bicyclic) bond motifs is 1. The Morgan fingerprint density at radius 2 is 1.75 bits per heavy atom. The summed E-state index contributed by atoms with van der Waals surface area (Å²) in [4.78, 5) is 40.5. The molecule has 0 radical (unpaired) electrons. The fourth-order valence-corrected chi connectivity index (χ4v) is 3.24. The van der Waals surface area contributed by atoms with E-state index in [1.807, 2.05) is 18.2 Å². The normalized spacial score (nSPS) is 20.6. The first-order valence-corrected chi connectivity index (χ1v) is 8.60. The van der Waals surface area contributed by atoms with Crippen LogP contribution >= 0.6 is 0 Å². The van der Waals surface area contributed by atoms with Crippen molar-refractivity contribution in [3.63, 3.8) is 0 Å². The Morgan fingerprint density at radius 3 is 2.43 bits per heavy atom. The summed E-state index contributed by atoms with van der Waals surface area (Å²) in [5.74, 6) is -1.86. The highest BCUT2D eigenvalue weighted by Gasteiger charge is 2.55. The van der Waals surface area contributed by atoms with Crippen molar-refractivity contribution in [2.24, 2.45) is 10.3 Å². The average Bonchev–Trinajstić information content (AvgIpc) is 3.23. The molecule has 2 aromatic carbocycles. The van der Waals surface area contributed by atoms with Crippen LogP contribution in [0.5, 0.6) is 0 Å². The Kier molecular flexibility index (Phi) is 4.34. The van der Waals surface area contributed by atoms with Crippen LogP contribution in [0, 0.1) is 5.82 Å². The van der Waals surface area contributed by atoms with E-state index in [4.69, 9.17) is 0 Å². The number of amides is 3. The minimum atomic E-state index is -1.01. The second-order valence-corrected chi connectivity index (χ2v) is 6.47. The molecule has 0 N–H and O–H groups in total. The van der Waals surface area contributed by atoms with Crippen LogP contribution < -0.4 is 9.80 Å². The molecule has 3 amide bonds. The molecule has 0 saturated carbocycles. The predicted octanol–water partition coefficient (Wildman–Crippen LogP) is 1.78. The average molecular weight is 381 g/mol. The molecule has 2 aromatic rings. The molecule has 2 atom stereocenters. The molecule has 0 aromatic heterocycles. The first-order valence-electron chi connectivity index (χ1n) is 8.60. The molecule has 0 bridgehead atoms. The Balaban J connectivity index is 1.52. The van der Waals surface area contributed by atoms with E-state index in [1.54, 1.807) is 19.2 Å². The largest absolute Gasteiger partial charge is 0.314 e. The molecule has 1 saturated heterocycles. The Morgan fingerprint density at radius 1 is 1.07 bits per heavy atom. The van der Waals surface area contributed by atoms with Gasteiger partial charge in [0.2, 0.25) is 5.91 Å². The van der Waals surface area contributed by atoms with Gasteiger partial charge in [-0.2, -0.15) is 5.11 Å². The summed E-state index contributed by atoms with van der Waals surface area (Å²) in [6.45, 7) is -0.202. The smallest absolute Gasteiger partial charge is 0.263 e. The van der Waals surface area contributed by atoms with Crippen LogP contribution in [-0.4, -0.2) is 48.4 Å². The predicted molar refractivity (Wildman–Crippen MR) is 97.9 cm³/mol. The van der Waals surface area contributed by atoms with Gasteiger partial charge >= 0.3 is 0 Å². The molecule has 28 heavy (non-hydrogen) atoms. The van der Waals surface area contributed by atoms with E-state index in [2.05, 4.69) is 10.3 Å². The first-order chi connectivity index (χ1) is 13.5. The van der Waals surface area contributed by atoms with Crippen LogP contribution in [0.2, 0.25) is 0 Å². The zero-order chi connectivity index (χ0) is 19.8. The molecular formula is C19H16FN5O3. The highest BCUT2D eigenvalue weighted by molar-refractivity contribution is 6.25. The quantitative estimate of drug-likeness (QED) is 0.756. The van der Waals surface area contributed by atoms with Gasteiger partial charge in [-0.1, -0.05) is 23.4 Å². The van der Waals surface area contributed by atoms with Crippen molar-refractivity contribution < 1.29 is 18.8 Å². The number of halogens is 1. The maximum Gasteiger partial charge on any atom is 0.263 e. The molecule has 142 valence electrons. The summed E-state index contributed by atoms with van der Waals surface area (Å²) in [6.07, 6.45) is 0. The second kappa shape index (κ2) is 6.84. The zero-order valence-electron chi connectivity index (χ0n) is 14.9. The fourth-order valence-electron chi connectivity index (χ4n) is 3.24. The van der Waals surface area contributed by atoms with Crippen molar-refractivity contribution in [1.29, 1.82) is 0 Å². The minimum absolute atomic E-state index is 0.202. The third kappa shape index (κ3) is 2.90. The number of anilines is 2. The topological polar surface area (TPSA) is 85.7 Å². The number of rotatable bonds is 4. The SMILES string of the molecule is CN(C(=O)CN1N=N[C@H]2C(=O)N(c3ccc(F)cc3)C(=O)[C@@H]21)c1ccccc1. The van der Waals surface area contributed by atoms with E-state index in [1.165, 1.54) is 34.2 Å². The Hall–Kier alpha value is -3.62. The van der Waals surface area contributed by atoms with Gasteiger partial charge in [0, 0.05) is 12.7 Å². The van der Waals surface area contributed by atoms with Crippen LogP contribution in [0.25, 0.3) is 0 Å². The molecule has 1 fully saturated rings. The number of likely N-dealkylation sites (N-methyl/N-ethyl adjacent to an activating group) is 1. The first kappa shape index (κ1) is 17.8. The van der Waals surface area contributed by atoms with Crippen molar-refractivity contribution in [3.05, 3.63) is 60.4 Å².